The van der Waals surface area contributed by atoms with E-state index in [1.807, 2.05) is 0 Å². The van der Waals surface area contributed by atoms with Crippen LogP contribution in [0.3, 0.4) is 0 Å². The van der Waals surface area contributed by atoms with Gasteiger partial charge in [0.15, 0.2) is 3.92 Å². The second kappa shape index (κ2) is 4.16. The first-order valence-electron chi connectivity index (χ1n) is 3.76. The first-order valence-corrected chi connectivity index (χ1v) is 5.37. The van der Waals surface area contributed by atoms with Crippen molar-refractivity contribution in [2.24, 2.45) is 0 Å². The molecule has 0 atom stereocenters. The second-order valence-electron chi connectivity index (χ2n) is 2.41. The Morgan fingerprint density at radius 3 is 2.36 bits per heavy atom. The first-order chi connectivity index (χ1) is 5.27. The molecule has 0 fully saturated rings. The van der Waals surface area contributed by atoms with Gasteiger partial charge in [-0.2, -0.15) is 0 Å². The maximum Gasteiger partial charge on any atom is 0.183 e. The van der Waals surface area contributed by atoms with Gasteiger partial charge in [0.05, 0.1) is 0 Å². The van der Waals surface area contributed by atoms with Crippen LogP contribution in [-0.4, -0.2) is 10.2 Å². The first kappa shape index (κ1) is 9.13. The largest absolute Gasteiger partial charge is 0.183 e. The zero-order chi connectivity index (χ0) is 8.27. The lowest BCUT2D eigenvalue weighted by molar-refractivity contribution is 0.630. The van der Waals surface area contributed by atoms with Crippen molar-refractivity contribution in [3.8, 4) is 0 Å². The third-order valence-electron chi connectivity index (χ3n) is 1.75. The van der Waals surface area contributed by atoms with Gasteiger partial charge in [0.1, 0.15) is 5.01 Å². The maximum atomic E-state index is 4.08. The molecule has 11 heavy (non-hydrogen) atoms. The third kappa shape index (κ3) is 2.24. The summed E-state index contributed by atoms with van der Waals surface area (Å²) < 4.78 is 0.888. The molecule has 1 aromatic rings. The summed E-state index contributed by atoms with van der Waals surface area (Å²) in [7, 11) is 0. The molecular weight excluding hydrogens is 224 g/mol. The molecule has 0 bridgehead atoms. The van der Waals surface area contributed by atoms with E-state index in [0.717, 1.165) is 21.8 Å². The van der Waals surface area contributed by atoms with Crippen molar-refractivity contribution in [2.75, 3.05) is 0 Å². The summed E-state index contributed by atoms with van der Waals surface area (Å²) in [6, 6.07) is 0. The van der Waals surface area contributed by atoms with Crippen LogP contribution in [0.25, 0.3) is 0 Å². The van der Waals surface area contributed by atoms with E-state index in [-0.39, 0.29) is 0 Å². The van der Waals surface area contributed by atoms with E-state index in [4.69, 9.17) is 0 Å². The number of halogens is 1. The molecule has 0 aliphatic heterocycles. The minimum absolute atomic E-state index is 0.596. The van der Waals surface area contributed by atoms with Crippen LogP contribution >= 0.6 is 27.3 Å². The molecular formula is C7H11BrN2S. The molecule has 62 valence electrons. The van der Waals surface area contributed by atoms with E-state index in [1.54, 1.807) is 11.3 Å². The molecule has 0 unspecified atom stereocenters. The van der Waals surface area contributed by atoms with Crippen LogP contribution in [-0.2, 0) is 0 Å². The van der Waals surface area contributed by atoms with E-state index >= 15 is 0 Å². The third-order valence-corrected chi connectivity index (χ3v) is 3.27. The van der Waals surface area contributed by atoms with Crippen LogP contribution < -0.4 is 0 Å². The average molecular weight is 235 g/mol. The Kier molecular flexibility index (Phi) is 3.45. The van der Waals surface area contributed by atoms with Crippen LogP contribution in [0.15, 0.2) is 3.92 Å². The number of hydrogen-bond donors (Lipinski definition) is 0. The summed E-state index contributed by atoms with van der Waals surface area (Å²) in [6.45, 7) is 4.37. The molecule has 0 aliphatic rings. The molecule has 4 heteroatoms. The highest BCUT2D eigenvalue weighted by Gasteiger charge is 2.11. The summed E-state index contributed by atoms with van der Waals surface area (Å²) >= 11 is 4.94. The van der Waals surface area contributed by atoms with Crippen LogP contribution in [0.1, 0.15) is 37.6 Å². The minimum atomic E-state index is 0.596. The fourth-order valence-corrected chi connectivity index (χ4v) is 2.43. The minimum Gasteiger partial charge on any atom is -0.142 e. The molecule has 0 aliphatic carbocycles. The van der Waals surface area contributed by atoms with E-state index in [1.165, 1.54) is 0 Å². The molecule has 0 radical (unpaired) electrons. The standard InChI is InChI=1S/C7H11BrN2S/c1-3-5(4-2)6-9-10-7(8)11-6/h5H,3-4H2,1-2H3. The molecule has 0 spiro atoms. The zero-order valence-corrected chi connectivity index (χ0v) is 9.07. The van der Waals surface area contributed by atoms with Crippen molar-refractivity contribution in [3.63, 3.8) is 0 Å². The van der Waals surface area contributed by atoms with Crippen LogP contribution in [0.2, 0.25) is 0 Å². The van der Waals surface area contributed by atoms with Gasteiger partial charge in [-0.1, -0.05) is 25.2 Å². The summed E-state index contributed by atoms with van der Waals surface area (Å²) in [4.78, 5) is 0. The monoisotopic (exact) mass is 234 g/mol. The van der Waals surface area contributed by atoms with Gasteiger partial charge in [-0.05, 0) is 28.8 Å². The van der Waals surface area contributed by atoms with Crippen molar-refractivity contribution in [1.29, 1.82) is 0 Å². The molecule has 0 saturated heterocycles. The van der Waals surface area contributed by atoms with E-state index < -0.39 is 0 Å². The van der Waals surface area contributed by atoms with E-state index in [9.17, 15) is 0 Å². The van der Waals surface area contributed by atoms with Gasteiger partial charge in [0.25, 0.3) is 0 Å². The van der Waals surface area contributed by atoms with Gasteiger partial charge in [-0.25, -0.2) is 0 Å². The summed E-state index contributed by atoms with van der Waals surface area (Å²) in [5, 5.41) is 9.15. The molecule has 1 rings (SSSR count). The van der Waals surface area contributed by atoms with Gasteiger partial charge in [0, 0.05) is 5.92 Å². The highest BCUT2D eigenvalue weighted by atomic mass is 79.9. The van der Waals surface area contributed by atoms with Crippen LogP contribution in [0.5, 0.6) is 0 Å². The van der Waals surface area contributed by atoms with Crippen LogP contribution in [0.4, 0.5) is 0 Å². The van der Waals surface area contributed by atoms with Gasteiger partial charge < -0.3 is 0 Å². The predicted molar refractivity (Wildman–Crippen MR) is 50.9 cm³/mol. The lowest BCUT2D eigenvalue weighted by atomic mass is 10.1. The molecule has 0 N–H and O–H groups in total. The number of rotatable bonds is 3. The summed E-state index contributed by atoms with van der Waals surface area (Å²) in [6.07, 6.45) is 2.30. The summed E-state index contributed by atoms with van der Waals surface area (Å²) in [5.41, 5.74) is 0. The molecule has 2 nitrogen and oxygen atoms in total. The fraction of sp³-hybridized carbons (Fsp3) is 0.714. The molecule has 0 aromatic carbocycles. The molecule has 0 saturated carbocycles. The van der Waals surface area contributed by atoms with Crippen molar-refractivity contribution in [3.05, 3.63) is 8.92 Å². The Labute approximate surface area is 79.2 Å². The van der Waals surface area contributed by atoms with Crippen molar-refractivity contribution in [1.82, 2.24) is 10.2 Å². The van der Waals surface area contributed by atoms with Gasteiger partial charge >= 0.3 is 0 Å². The van der Waals surface area contributed by atoms with Crippen molar-refractivity contribution < 1.29 is 0 Å². The quantitative estimate of drug-likeness (QED) is 0.803. The Bertz CT molecular complexity index is 220. The van der Waals surface area contributed by atoms with Crippen molar-refractivity contribution >= 4 is 27.3 Å². The zero-order valence-electron chi connectivity index (χ0n) is 6.67. The highest BCUT2D eigenvalue weighted by Crippen LogP contribution is 2.27. The summed E-state index contributed by atoms with van der Waals surface area (Å²) in [5.74, 6) is 0.596. The topological polar surface area (TPSA) is 25.8 Å². The Morgan fingerprint density at radius 1 is 1.36 bits per heavy atom. The number of nitrogens with zero attached hydrogens (tertiary/aromatic N) is 2. The molecule has 0 amide bonds. The normalized spacial score (nSPS) is 10.9. The second-order valence-corrected chi connectivity index (χ2v) is 4.69. The number of aromatic nitrogens is 2. The van der Waals surface area contributed by atoms with Gasteiger partial charge in [-0.3, -0.25) is 0 Å². The highest BCUT2D eigenvalue weighted by molar-refractivity contribution is 9.11. The van der Waals surface area contributed by atoms with E-state index in [0.29, 0.717) is 5.92 Å². The van der Waals surface area contributed by atoms with Gasteiger partial charge in [-0.15, -0.1) is 10.2 Å². The maximum absolute atomic E-state index is 4.08. The smallest absolute Gasteiger partial charge is 0.142 e. The van der Waals surface area contributed by atoms with Gasteiger partial charge in [0.2, 0.25) is 0 Å². The van der Waals surface area contributed by atoms with Crippen LogP contribution in [0, 0.1) is 0 Å². The lowest BCUT2D eigenvalue weighted by Gasteiger charge is -2.05. The number of hydrogen-bond acceptors (Lipinski definition) is 3. The molecule has 1 heterocycles. The Hall–Kier alpha value is 0.0400. The Morgan fingerprint density at radius 2 is 2.00 bits per heavy atom. The van der Waals surface area contributed by atoms with E-state index in [2.05, 4.69) is 40.0 Å². The molecule has 1 aromatic heterocycles. The predicted octanol–water partition coefficient (Wildman–Crippen LogP) is 3.20. The lowest BCUT2D eigenvalue weighted by Crippen LogP contribution is -1.93. The Balaban J connectivity index is 2.73. The average Bonchev–Trinajstić information content (AvgIpc) is 2.39. The SMILES string of the molecule is CCC(CC)c1nnc(Br)s1. The fourth-order valence-electron chi connectivity index (χ4n) is 1.02. The van der Waals surface area contributed by atoms with Crippen molar-refractivity contribution in [2.45, 2.75) is 32.6 Å².